The lowest BCUT2D eigenvalue weighted by molar-refractivity contribution is -0.114. The van der Waals surface area contributed by atoms with Crippen molar-refractivity contribution in [3.05, 3.63) is 0 Å². The average Bonchev–Trinajstić information content (AvgIpc) is 2.66. The molecular weight excluding hydrogens is 194 g/mol. The summed E-state index contributed by atoms with van der Waals surface area (Å²) in [5.41, 5.74) is 0.275. The summed E-state index contributed by atoms with van der Waals surface area (Å²) < 4.78 is 0. The zero-order chi connectivity index (χ0) is 10.9. The average molecular weight is 211 g/mol. The SMILES string of the molecule is O=CC1CC2(CCCC2)CCN1C(=O)O. The van der Waals surface area contributed by atoms with Crippen molar-refractivity contribution in [2.24, 2.45) is 5.41 Å². The van der Waals surface area contributed by atoms with Crippen LogP contribution in [-0.4, -0.2) is 35.0 Å². The lowest BCUT2D eigenvalue weighted by Crippen LogP contribution is -2.49. The second-order valence-electron chi connectivity index (χ2n) is 4.84. The first-order valence-electron chi connectivity index (χ1n) is 5.62. The van der Waals surface area contributed by atoms with Gasteiger partial charge in [-0.2, -0.15) is 0 Å². The Hall–Kier alpha value is -1.06. The van der Waals surface area contributed by atoms with E-state index in [4.69, 9.17) is 5.11 Å². The number of carbonyl (C=O) groups is 2. The quantitative estimate of drug-likeness (QED) is 0.674. The van der Waals surface area contributed by atoms with E-state index >= 15 is 0 Å². The third kappa shape index (κ3) is 1.85. The third-order valence-corrected chi connectivity index (χ3v) is 3.99. The molecule has 84 valence electrons. The summed E-state index contributed by atoms with van der Waals surface area (Å²) >= 11 is 0. The first kappa shape index (κ1) is 10.5. The number of amides is 1. The number of rotatable bonds is 1. The first-order chi connectivity index (χ1) is 7.17. The van der Waals surface area contributed by atoms with Crippen LogP contribution < -0.4 is 0 Å². The fourth-order valence-electron chi connectivity index (χ4n) is 3.12. The summed E-state index contributed by atoms with van der Waals surface area (Å²) in [4.78, 5) is 23.1. The molecular formula is C11H17NO3. The van der Waals surface area contributed by atoms with Crippen molar-refractivity contribution in [3.8, 4) is 0 Å². The zero-order valence-electron chi connectivity index (χ0n) is 8.82. The predicted octanol–water partition coefficient (Wildman–Crippen LogP) is 1.89. The second kappa shape index (κ2) is 3.83. The van der Waals surface area contributed by atoms with E-state index in [2.05, 4.69) is 0 Å². The molecule has 4 nitrogen and oxygen atoms in total. The Labute approximate surface area is 89.3 Å². The van der Waals surface area contributed by atoms with E-state index in [0.717, 1.165) is 19.1 Å². The minimum atomic E-state index is -0.958. The highest BCUT2D eigenvalue weighted by Gasteiger charge is 2.42. The monoisotopic (exact) mass is 211 g/mol. The number of nitrogens with zero attached hydrogens (tertiary/aromatic N) is 1. The largest absolute Gasteiger partial charge is 0.465 e. The molecule has 0 aromatic rings. The molecule has 1 amide bonds. The highest BCUT2D eigenvalue weighted by molar-refractivity contribution is 5.72. The molecule has 15 heavy (non-hydrogen) atoms. The molecule has 1 heterocycles. The minimum Gasteiger partial charge on any atom is -0.465 e. The minimum absolute atomic E-state index is 0.275. The maximum Gasteiger partial charge on any atom is 0.407 e. The van der Waals surface area contributed by atoms with Crippen LogP contribution in [0, 0.1) is 5.41 Å². The van der Waals surface area contributed by atoms with Crippen LogP contribution in [0.2, 0.25) is 0 Å². The number of hydrogen-bond acceptors (Lipinski definition) is 2. The molecule has 1 spiro atoms. The molecule has 1 N–H and O–H groups in total. The van der Waals surface area contributed by atoms with Crippen molar-refractivity contribution in [1.29, 1.82) is 0 Å². The Morgan fingerprint density at radius 3 is 2.53 bits per heavy atom. The maximum atomic E-state index is 10.9. The van der Waals surface area contributed by atoms with Gasteiger partial charge in [-0.15, -0.1) is 0 Å². The molecule has 0 aromatic heterocycles. The van der Waals surface area contributed by atoms with Crippen LogP contribution in [0.25, 0.3) is 0 Å². The number of piperidine rings is 1. The van der Waals surface area contributed by atoms with Crippen molar-refractivity contribution in [2.45, 2.75) is 44.6 Å². The first-order valence-corrected chi connectivity index (χ1v) is 5.62. The lowest BCUT2D eigenvalue weighted by Gasteiger charge is -2.41. The van der Waals surface area contributed by atoms with Crippen molar-refractivity contribution in [1.82, 2.24) is 4.90 Å². The molecule has 1 saturated carbocycles. The van der Waals surface area contributed by atoms with Crippen LogP contribution in [0.1, 0.15) is 38.5 Å². The smallest absolute Gasteiger partial charge is 0.407 e. The number of hydrogen-bond donors (Lipinski definition) is 1. The van der Waals surface area contributed by atoms with Crippen LogP contribution in [0.4, 0.5) is 4.79 Å². The summed E-state index contributed by atoms with van der Waals surface area (Å²) in [6, 6.07) is -0.408. The van der Waals surface area contributed by atoms with Crippen LogP contribution >= 0.6 is 0 Å². The van der Waals surface area contributed by atoms with Gasteiger partial charge in [0.25, 0.3) is 0 Å². The molecule has 0 radical (unpaired) electrons. The molecule has 1 aliphatic heterocycles. The van der Waals surface area contributed by atoms with Crippen molar-refractivity contribution in [2.75, 3.05) is 6.54 Å². The van der Waals surface area contributed by atoms with E-state index in [9.17, 15) is 9.59 Å². The maximum absolute atomic E-state index is 10.9. The number of likely N-dealkylation sites (tertiary alicyclic amines) is 1. The Bertz CT molecular complexity index is 271. The Kier molecular flexibility index (Phi) is 2.67. The van der Waals surface area contributed by atoms with Crippen LogP contribution in [0.5, 0.6) is 0 Å². The van der Waals surface area contributed by atoms with E-state index in [-0.39, 0.29) is 5.41 Å². The van der Waals surface area contributed by atoms with Gasteiger partial charge in [-0.05, 0) is 31.1 Å². The normalized spacial score (nSPS) is 29.3. The van der Waals surface area contributed by atoms with Gasteiger partial charge in [0.15, 0.2) is 0 Å². The molecule has 1 unspecified atom stereocenters. The summed E-state index contributed by atoms with van der Waals surface area (Å²) in [6.45, 7) is 0.527. The molecule has 2 rings (SSSR count). The van der Waals surface area contributed by atoms with Gasteiger partial charge < -0.3 is 9.90 Å². The Morgan fingerprint density at radius 1 is 1.33 bits per heavy atom. The number of aldehydes is 1. The van der Waals surface area contributed by atoms with Crippen molar-refractivity contribution >= 4 is 12.4 Å². The van der Waals surface area contributed by atoms with Crippen LogP contribution in [0.15, 0.2) is 0 Å². The highest BCUT2D eigenvalue weighted by atomic mass is 16.4. The van der Waals surface area contributed by atoms with Gasteiger partial charge in [0.2, 0.25) is 0 Å². The topological polar surface area (TPSA) is 57.6 Å². The molecule has 2 fully saturated rings. The summed E-state index contributed by atoms with van der Waals surface area (Å²) in [5.74, 6) is 0. The van der Waals surface area contributed by atoms with Crippen LogP contribution in [-0.2, 0) is 4.79 Å². The van der Waals surface area contributed by atoms with Gasteiger partial charge in [0.1, 0.15) is 6.29 Å². The van der Waals surface area contributed by atoms with Gasteiger partial charge in [-0.25, -0.2) is 4.79 Å². The van der Waals surface area contributed by atoms with Gasteiger partial charge in [0, 0.05) is 6.54 Å². The molecule has 4 heteroatoms. The van der Waals surface area contributed by atoms with E-state index < -0.39 is 12.1 Å². The zero-order valence-corrected chi connectivity index (χ0v) is 8.82. The van der Waals surface area contributed by atoms with Crippen molar-refractivity contribution < 1.29 is 14.7 Å². The predicted molar refractivity (Wildman–Crippen MR) is 54.7 cm³/mol. The summed E-state index contributed by atoms with van der Waals surface area (Å²) in [7, 11) is 0. The van der Waals surface area contributed by atoms with Gasteiger partial charge in [-0.1, -0.05) is 12.8 Å². The molecule has 1 atom stereocenters. The second-order valence-corrected chi connectivity index (χ2v) is 4.84. The van der Waals surface area contributed by atoms with Gasteiger partial charge in [0.05, 0.1) is 6.04 Å². The number of carboxylic acid groups (broad SMARTS) is 1. The van der Waals surface area contributed by atoms with E-state index in [0.29, 0.717) is 6.54 Å². The van der Waals surface area contributed by atoms with E-state index in [1.165, 1.54) is 30.6 Å². The standard InChI is InChI=1S/C11H17NO3/c13-8-9-7-11(3-1-2-4-11)5-6-12(9)10(14)15/h8-9H,1-7H2,(H,14,15). The fraction of sp³-hybridized carbons (Fsp3) is 0.818. The molecule has 1 saturated heterocycles. The fourth-order valence-corrected chi connectivity index (χ4v) is 3.12. The summed E-state index contributed by atoms with van der Waals surface area (Å²) in [6.07, 6.45) is 6.33. The highest BCUT2D eigenvalue weighted by Crippen LogP contribution is 2.47. The molecule has 0 aromatic carbocycles. The lowest BCUT2D eigenvalue weighted by atomic mass is 9.74. The Balaban J connectivity index is 2.08. The number of carbonyl (C=O) groups excluding carboxylic acids is 1. The Morgan fingerprint density at radius 2 is 2.00 bits per heavy atom. The van der Waals surface area contributed by atoms with Crippen LogP contribution in [0.3, 0.4) is 0 Å². The van der Waals surface area contributed by atoms with Gasteiger partial charge in [-0.3, -0.25) is 4.90 Å². The third-order valence-electron chi connectivity index (χ3n) is 3.99. The molecule has 0 bridgehead atoms. The van der Waals surface area contributed by atoms with Crippen molar-refractivity contribution in [3.63, 3.8) is 0 Å². The summed E-state index contributed by atoms with van der Waals surface area (Å²) in [5, 5.41) is 8.94. The molecule has 2 aliphatic rings. The van der Waals surface area contributed by atoms with E-state index in [1.807, 2.05) is 0 Å². The van der Waals surface area contributed by atoms with Gasteiger partial charge >= 0.3 is 6.09 Å². The molecule has 1 aliphatic carbocycles. The van der Waals surface area contributed by atoms with E-state index in [1.54, 1.807) is 0 Å².